The minimum Gasteiger partial charge on any atom is -0.394 e. The van der Waals surface area contributed by atoms with Gasteiger partial charge in [-0.3, -0.25) is 10.1 Å². The largest absolute Gasteiger partial charge is 0.394 e. The van der Waals surface area contributed by atoms with Crippen LogP contribution in [0.2, 0.25) is 0 Å². The second-order valence-corrected chi connectivity index (χ2v) is 5.09. The van der Waals surface area contributed by atoms with E-state index in [2.05, 4.69) is 5.32 Å². The predicted molar refractivity (Wildman–Crippen MR) is 64.1 cm³/mol. The molecule has 0 amide bonds. The maximum atomic E-state index is 10.9. The molecule has 2 rings (SSSR count). The predicted octanol–water partition coefficient (Wildman–Crippen LogP) is -1.13. The van der Waals surface area contributed by atoms with Crippen molar-refractivity contribution in [2.24, 2.45) is 0 Å². The molecule has 0 aromatic carbocycles. The number of ether oxygens (including phenoxy) is 2. The van der Waals surface area contributed by atoms with Crippen LogP contribution in [0.3, 0.4) is 0 Å². The Morgan fingerprint density at radius 3 is 2.79 bits per heavy atom. The molecule has 2 heterocycles. The van der Waals surface area contributed by atoms with Gasteiger partial charge in [-0.15, -0.1) is 0 Å². The number of aliphatic hydroxyl groups is 2. The number of rotatable bonds is 4. The van der Waals surface area contributed by atoms with E-state index < -0.39 is 24.5 Å². The second-order valence-electron chi connectivity index (χ2n) is 5.09. The zero-order valence-corrected chi connectivity index (χ0v) is 10.6. The third kappa shape index (κ3) is 4.08. The summed E-state index contributed by atoms with van der Waals surface area (Å²) in [6, 6.07) is -0.752. The van der Waals surface area contributed by atoms with Crippen LogP contribution in [0, 0.1) is 10.1 Å². The van der Waals surface area contributed by atoms with Gasteiger partial charge in [-0.25, -0.2) is 0 Å². The van der Waals surface area contributed by atoms with E-state index in [-0.39, 0.29) is 30.5 Å². The van der Waals surface area contributed by atoms with Crippen LogP contribution in [-0.2, 0) is 9.47 Å². The summed E-state index contributed by atoms with van der Waals surface area (Å²) >= 11 is 0. The topological polar surface area (TPSA) is 114 Å². The molecule has 0 radical (unpaired) electrons. The van der Waals surface area contributed by atoms with Crippen molar-refractivity contribution >= 4 is 0 Å². The normalized spacial score (nSPS) is 40.0. The third-order valence-corrected chi connectivity index (χ3v) is 3.48. The van der Waals surface area contributed by atoms with E-state index >= 15 is 0 Å². The molecule has 2 aliphatic rings. The Kier molecular flexibility index (Phi) is 5.06. The van der Waals surface area contributed by atoms with E-state index in [0.29, 0.717) is 19.5 Å². The number of aliphatic hydroxyl groups excluding tert-OH is 2. The van der Waals surface area contributed by atoms with Crippen LogP contribution in [0.1, 0.15) is 19.3 Å². The highest BCUT2D eigenvalue weighted by Crippen LogP contribution is 2.24. The van der Waals surface area contributed by atoms with Gasteiger partial charge < -0.3 is 25.0 Å². The van der Waals surface area contributed by atoms with Gasteiger partial charge in [0.05, 0.1) is 31.3 Å². The van der Waals surface area contributed by atoms with Crippen molar-refractivity contribution < 1.29 is 24.6 Å². The van der Waals surface area contributed by atoms with Crippen LogP contribution in [0.5, 0.6) is 0 Å². The summed E-state index contributed by atoms with van der Waals surface area (Å²) < 4.78 is 11.1. The molecule has 2 fully saturated rings. The number of nitrogens with zero attached hydrogens (tertiary/aromatic N) is 1. The quantitative estimate of drug-likeness (QED) is 0.439. The number of nitrogens with one attached hydrogen (secondary N) is 1. The van der Waals surface area contributed by atoms with Crippen LogP contribution in [0.15, 0.2) is 0 Å². The van der Waals surface area contributed by atoms with E-state index in [1.807, 2.05) is 0 Å². The molecule has 0 saturated carbocycles. The highest BCUT2D eigenvalue weighted by atomic mass is 16.7. The summed E-state index contributed by atoms with van der Waals surface area (Å²) in [6.45, 7) is 0.863. The minimum absolute atomic E-state index is 0.177. The maximum absolute atomic E-state index is 10.9. The van der Waals surface area contributed by atoms with Gasteiger partial charge in [0.2, 0.25) is 6.04 Å². The lowest BCUT2D eigenvalue weighted by Crippen LogP contribution is -2.48. The molecule has 0 aromatic heterocycles. The van der Waals surface area contributed by atoms with E-state index in [0.717, 1.165) is 0 Å². The minimum atomic E-state index is -0.752. The standard InChI is InChI=1S/C11H20N2O6/c14-6-10-1-7(13(16)17)2-11(19-10)18-9-3-8(15)4-12-5-9/h7-12,14-15H,1-6H2/t7-,8+,9-,10-,11+/m1/s1. The Labute approximate surface area is 110 Å². The van der Waals surface area contributed by atoms with Crippen molar-refractivity contribution in [3.8, 4) is 0 Å². The van der Waals surface area contributed by atoms with Gasteiger partial charge >= 0.3 is 0 Å². The SMILES string of the molecule is O=[N+]([O-])[C@@H]1C[C@H](CO)O[C@H](O[C@H]2CNC[C@@H](O)C2)C1. The summed E-state index contributed by atoms with van der Waals surface area (Å²) in [5.41, 5.74) is 0. The van der Waals surface area contributed by atoms with Gasteiger partial charge in [0.25, 0.3) is 0 Å². The lowest BCUT2D eigenvalue weighted by molar-refractivity contribution is -0.537. The van der Waals surface area contributed by atoms with Gasteiger partial charge in [-0.05, 0) is 0 Å². The van der Waals surface area contributed by atoms with Crippen molar-refractivity contribution in [3.05, 3.63) is 10.1 Å². The Morgan fingerprint density at radius 1 is 1.37 bits per heavy atom. The average Bonchev–Trinajstić information content (AvgIpc) is 2.38. The van der Waals surface area contributed by atoms with Crippen molar-refractivity contribution in [3.63, 3.8) is 0 Å². The molecule has 0 unspecified atom stereocenters. The Morgan fingerprint density at radius 2 is 2.16 bits per heavy atom. The molecule has 110 valence electrons. The monoisotopic (exact) mass is 276 g/mol. The van der Waals surface area contributed by atoms with E-state index in [1.165, 1.54) is 0 Å². The van der Waals surface area contributed by atoms with Crippen LogP contribution >= 0.6 is 0 Å². The van der Waals surface area contributed by atoms with Crippen molar-refractivity contribution in [1.29, 1.82) is 0 Å². The first-order valence-electron chi connectivity index (χ1n) is 6.52. The van der Waals surface area contributed by atoms with Gasteiger partial charge in [0.15, 0.2) is 6.29 Å². The van der Waals surface area contributed by atoms with Gasteiger partial charge in [0.1, 0.15) is 0 Å². The molecular formula is C11H20N2O6. The summed E-state index contributed by atoms with van der Waals surface area (Å²) in [5.74, 6) is 0. The number of hydrogen-bond donors (Lipinski definition) is 3. The Hall–Kier alpha value is -0.800. The number of β-amino-alcohol motifs (C(OH)–C–C–N with tert-alkyl or cyclic N) is 1. The summed E-state index contributed by atoms with van der Waals surface area (Å²) in [6.07, 6.45) is -1.08. The van der Waals surface area contributed by atoms with Crippen LogP contribution in [0.4, 0.5) is 0 Å². The smallest absolute Gasteiger partial charge is 0.220 e. The lowest BCUT2D eigenvalue weighted by Gasteiger charge is -2.35. The molecule has 0 spiro atoms. The Balaban J connectivity index is 1.89. The third-order valence-electron chi connectivity index (χ3n) is 3.48. The highest BCUT2D eigenvalue weighted by Gasteiger charge is 2.38. The first-order valence-corrected chi connectivity index (χ1v) is 6.52. The summed E-state index contributed by atoms with van der Waals surface area (Å²) in [5, 5.41) is 32.5. The van der Waals surface area contributed by atoms with Gasteiger partial charge in [-0.1, -0.05) is 0 Å². The van der Waals surface area contributed by atoms with Crippen molar-refractivity contribution in [2.75, 3.05) is 19.7 Å². The van der Waals surface area contributed by atoms with Crippen molar-refractivity contribution in [2.45, 2.75) is 49.9 Å². The van der Waals surface area contributed by atoms with E-state index in [1.54, 1.807) is 0 Å². The first-order chi connectivity index (χ1) is 9.08. The maximum Gasteiger partial charge on any atom is 0.220 e. The number of piperidine rings is 1. The molecule has 0 aromatic rings. The molecule has 5 atom stereocenters. The second kappa shape index (κ2) is 6.58. The van der Waals surface area contributed by atoms with Crippen molar-refractivity contribution in [1.82, 2.24) is 5.32 Å². The Bertz CT molecular complexity index is 316. The highest BCUT2D eigenvalue weighted by molar-refractivity contribution is 4.79. The summed E-state index contributed by atoms with van der Waals surface area (Å²) in [7, 11) is 0. The molecule has 8 nitrogen and oxygen atoms in total. The molecule has 8 heteroatoms. The number of hydrogen-bond acceptors (Lipinski definition) is 7. The fourth-order valence-electron chi connectivity index (χ4n) is 2.52. The molecule has 0 bridgehead atoms. The molecular weight excluding hydrogens is 256 g/mol. The first kappa shape index (κ1) is 14.6. The fourth-order valence-corrected chi connectivity index (χ4v) is 2.52. The fraction of sp³-hybridized carbons (Fsp3) is 1.00. The molecule has 0 aliphatic carbocycles. The van der Waals surface area contributed by atoms with Gasteiger partial charge in [0, 0.05) is 30.9 Å². The zero-order valence-electron chi connectivity index (χ0n) is 10.6. The molecule has 2 aliphatic heterocycles. The molecule has 19 heavy (non-hydrogen) atoms. The van der Waals surface area contributed by atoms with Gasteiger partial charge in [-0.2, -0.15) is 0 Å². The molecule has 3 N–H and O–H groups in total. The summed E-state index contributed by atoms with van der Waals surface area (Å²) in [4.78, 5) is 10.5. The molecule has 2 saturated heterocycles. The van der Waals surface area contributed by atoms with Crippen LogP contribution in [0.25, 0.3) is 0 Å². The number of nitro groups is 1. The zero-order chi connectivity index (χ0) is 13.8. The lowest BCUT2D eigenvalue weighted by atomic mass is 10.0. The van der Waals surface area contributed by atoms with Crippen LogP contribution in [-0.4, -0.2) is 65.5 Å². The van der Waals surface area contributed by atoms with E-state index in [4.69, 9.17) is 14.6 Å². The average molecular weight is 276 g/mol. The van der Waals surface area contributed by atoms with E-state index in [9.17, 15) is 15.2 Å². The van der Waals surface area contributed by atoms with Crippen LogP contribution < -0.4 is 5.32 Å².